The molecule has 0 aliphatic carbocycles. The van der Waals surface area contributed by atoms with Crippen molar-refractivity contribution in [2.24, 2.45) is 5.92 Å². The number of fused-ring (bicyclic) bond motifs is 2. The first-order valence-electron chi connectivity index (χ1n) is 7.91. The zero-order chi connectivity index (χ0) is 14.8. The van der Waals surface area contributed by atoms with Gasteiger partial charge < -0.3 is 15.1 Å². The quantitative estimate of drug-likeness (QED) is 0.922. The van der Waals surface area contributed by atoms with E-state index in [4.69, 9.17) is 0 Å². The Balaban J connectivity index is 1.64. The van der Waals surface area contributed by atoms with Gasteiger partial charge in [0.2, 0.25) is 5.91 Å². The highest BCUT2D eigenvalue weighted by atomic mass is 16.2. The van der Waals surface area contributed by atoms with Crippen LogP contribution in [0.2, 0.25) is 0 Å². The summed E-state index contributed by atoms with van der Waals surface area (Å²) in [6, 6.07) is 9.09. The van der Waals surface area contributed by atoms with E-state index in [-0.39, 0.29) is 5.91 Å². The van der Waals surface area contributed by atoms with E-state index in [2.05, 4.69) is 34.5 Å². The SMILES string of the molecule is CC(=O)N(C)Cc1cccc(NC2CCN3CCC2C3)c1. The molecule has 3 rings (SSSR count). The number of anilines is 1. The minimum Gasteiger partial charge on any atom is -0.382 e. The molecule has 4 nitrogen and oxygen atoms in total. The predicted molar refractivity (Wildman–Crippen MR) is 85.2 cm³/mol. The Kier molecular flexibility index (Phi) is 4.15. The molecule has 1 aromatic rings. The van der Waals surface area contributed by atoms with Crippen LogP contribution < -0.4 is 5.32 Å². The third kappa shape index (κ3) is 3.38. The molecule has 3 atom stereocenters. The fraction of sp³-hybridized carbons (Fsp3) is 0.588. The molecule has 2 bridgehead atoms. The van der Waals surface area contributed by atoms with Gasteiger partial charge in [0.25, 0.3) is 0 Å². The molecule has 21 heavy (non-hydrogen) atoms. The van der Waals surface area contributed by atoms with E-state index in [1.807, 2.05) is 7.05 Å². The van der Waals surface area contributed by atoms with Gasteiger partial charge >= 0.3 is 0 Å². The van der Waals surface area contributed by atoms with Crippen molar-refractivity contribution in [3.63, 3.8) is 0 Å². The molecule has 3 unspecified atom stereocenters. The first-order chi connectivity index (χ1) is 10.1. The summed E-state index contributed by atoms with van der Waals surface area (Å²) in [5.41, 5.74) is 2.37. The molecule has 2 aliphatic heterocycles. The number of piperidine rings is 1. The van der Waals surface area contributed by atoms with Crippen molar-refractivity contribution < 1.29 is 4.79 Å². The summed E-state index contributed by atoms with van der Waals surface area (Å²) >= 11 is 0. The Morgan fingerprint density at radius 3 is 3.00 bits per heavy atom. The maximum absolute atomic E-state index is 11.3. The lowest BCUT2D eigenvalue weighted by molar-refractivity contribution is -0.128. The monoisotopic (exact) mass is 287 g/mol. The number of amides is 1. The molecule has 2 fully saturated rings. The summed E-state index contributed by atoms with van der Waals surface area (Å²) < 4.78 is 0. The van der Waals surface area contributed by atoms with Gasteiger partial charge in [0.1, 0.15) is 0 Å². The third-order valence-electron chi connectivity index (χ3n) is 4.87. The van der Waals surface area contributed by atoms with E-state index in [9.17, 15) is 4.79 Å². The predicted octanol–water partition coefficient (Wildman–Crippen LogP) is 2.17. The van der Waals surface area contributed by atoms with E-state index in [0.717, 1.165) is 5.92 Å². The Morgan fingerprint density at radius 2 is 2.19 bits per heavy atom. The number of nitrogens with zero attached hydrogens (tertiary/aromatic N) is 2. The smallest absolute Gasteiger partial charge is 0.219 e. The van der Waals surface area contributed by atoms with Crippen molar-refractivity contribution in [2.75, 3.05) is 32.0 Å². The summed E-state index contributed by atoms with van der Waals surface area (Å²) in [5, 5.41) is 3.72. The van der Waals surface area contributed by atoms with Crippen LogP contribution in [0.25, 0.3) is 0 Å². The second-order valence-electron chi connectivity index (χ2n) is 6.46. The van der Waals surface area contributed by atoms with Crippen LogP contribution in [0.1, 0.15) is 25.3 Å². The van der Waals surface area contributed by atoms with Crippen LogP contribution in [0.3, 0.4) is 0 Å². The van der Waals surface area contributed by atoms with Crippen LogP contribution in [-0.4, -0.2) is 48.4 Å². The van der Waals surface area contributed by atoms with E-state index >= 15 is 0 Å². The van der Waals surface area contributed by atoms with E-state index < -0.39 is 0 Å². The van der Waals surface area contributed by atoms with Crippen molar-refractivity contribution in [3.05, 3.63) is 29.8 Å². The van der Waals surface area contributed by atoms with Crippen LogP contribution in [0.5, 0.6) is 0 Å². The van der Waals surface area contributed by atoms with Crippen molar-refractivity contribution in [1.82, 2.24) is 9.80 Å². The molecule has 0 aromatic heterocycles. The number of benzene rings is 1. The fourth-order valence-corrected chi connectivity index (χ4v) is 3.50. The molecule has 1 N–H and O–H groups in total. The van der Waals surface area contributed by atoms with E-state index in [0.29, 0.717) is 12.6 Å². The molecular weight excluding hydrogens is 262 g/mol. The minimum atomic E-state index is 0.103. The van der Waals surface area contributed by atoms with Crippen molar-refractivity contribution >= 4 is 11.6 Å². The van der Waals surface area contributed by atoms with E-state index in [1.165, 1.54) is 43.7 Å². The van der Waals surface area contributed by atoms with Gasteiger partial charge in [0.15, 0.2) is 0 Å². The van der Waals surface area contributed by atoms with Gasteiger partial charge in [-0.05, 0) is 43.0 Å². The van der Waals surface area contributed by atoms with Crippen LogP contribution >= 0.6 is 0 Å². The van der Waals surface area contributed by atoms with Crippen LogP contribution in [0, 0.1) is 5.92 Å². The van der Waals surface area contributed by atoms with Crippen LogP contribution in [0.15, 0.2) is 24.3 Å². The molecule has 114 valence electrons. The molecule has 0 radical (unpaired) electrons. The first-order valence-corrected chi connectivity index (χ1v) is 7.91. The lowest BCUT2D eigenvalue weighted by Gasteiger charge is -2.31. The molecule has 4 heteroatoms. The van der Waals surface area contributed by atoms with Gasteiger partial charge in [0, 0.05) is 45.3 Å². The molecule has 1 aromatic carbocycles. The van der Waals surface area contributed by atoms with Gasteiger partial charge in [-0.2, -0.15) is 0 Å². The number of hydrogen-bond donors (Lipinski definition) is 1. The summed E-state index contributed by atoms with van der Waals surface area (Å²) in [5.74, 6) is 0.897. The standard InChI is InChI=1S/C17H25N3O/c1-13(21)19(2)11-14-4-3-5-16(10-14)18-17-7-9-20-8-6-15(17)12-20/h3-5,10,15,17-18H,6-9,11-12H2,1-2H3. The second-order valence-corrected chi connectivity index (χ2v) is 6.46. The first kappa shape index (κ1) is 14.4. The van der Waals surface area contributed by atoms with E-state index in [1.54, 1.807) is 11.8 Å². The topological polar surface area (TPSA) is 35.6 Å². The lowest BCUT2D eigenvalue weighted by atomic mass is 9.94. The number of carbonyl (C=O) groups is 1. The van der Waals surface area contributed by atoms with Gasteiger partial charge in [0.05, 0.1) is 0 Å². The normalized spacial score (nSPS) is 27.4. The molecule has 0 spiro atoms. The maximum Gasteiger partial charge on any atom is 0.219 e. The highest BCUT2D eigenvalue weighted by molar-refractivity contribution is 5.72. The van der Waals surface area contributed by atoms with Crippen molar-refractivity contribution in [1.29, 1.82) is 0 Å². The molecular formula is C17H25N3O. The molecule has 2 saturated heterocycles. The highest BCUT2D eigenvalue weighted by Gasteiger charge is 2.33. The van der Waals surface area contributed by atoms with Crippen LogP contribution in [-0.2, 0) is 11.3 Å². The lowest BCUT2D eigenvalue weighted by Crippen LogP contribution is -2.39. The van der Waals surface area contributed by atoms with Crippen molar-refractivity contribution in [2.45, 2.75) is 32.4 Å². The molecule has 2 heterocycles. The summed E-state index contributed by atoms with van der Waals surface area (Å²) in [4.78, 5) is 15.7. The number of nitrogens with one attached hydrogen (secondary N) is 1. The number of hydrogen-bond acceptors (Lipinski definition) is 3. The zero-order valence-corrected chi connectivity index (χ0v) is 13.0. The highest BCUT2D eigenvalue weighted by Crippen LogP contribution is 2.29. The molecule has 2 aliphatic rings. The summed E-state index contributed by atoms with van der Waals surface area (Å²) in [6.45, 7) is 6.03. The Bertz CT molecular complexity index is 517. The van der Waals surface area contributed by atoms with Gasteiger partial charge in [-0.15, -0.1) is 0 Å². The Morgan fingerprint density at radius 1 is 1.38 bits per heavy atom. The Hall–Kier alpha value is -1.55. The van der Waals surface area contributed by atoms with Crippen LogP contribution in [0.4, 0.5) is 5.69 Å². The Labute approximate surface area is 127 Å². The number of rotatable bonds is 4. The van der Waals surface area contributed by atoms with Gasteiger partial charge in [-0.25, -0.2) is 0 Å². The second kappa shape index (κ2) is 6.06. The maximum atomic E-state index is 11.3. The van der Waals surface area contributed by atoms with Gasteiger partial charge in [-0.1, -0.05) is 12.1 Å². The largest absolute Gasteiger partial charge is 0.382 e. The van der Waals surface area contributed by atoms with Crippen molar-refractivity contribution in [3.8, 4) is 0 Å². The zero-order valence-electron chi connectivity index (χ0n) is 13.0. The molecule has 0 saturated carbocycles. The third-order valence-corrected chi connectivity index (χ3v) is 4.87. The fourth-order valence-electron chi connectivity index (χ4n) is 3.50. The molecule has 1 amide bonds. The number of carbonyl (C=O) groups excluding carboxylic acids is 1. The van der Waals surface area contributed by atoms with Gasteiger partial charge in [-0.3, -0.25) is 4.79 Å². The summed E-state index contributed by atoms with van der Waals surface area (Å²) in [7, 11) is 1.84. The average molecular weight is 287 g/mol. The summed E-state index contributed by atoms with van der Waals surface area (Å²) in [6.07, 6.45) is 2.56. The average Bonchev–Trinajstić information content (AvgIpc) is 2.85. The minimum absolute atomic E-state index is 0.103.